The average molecular weight is 335 g/mol. The first-order valence-electron chi connectivity index (χ1n) is 9.17. The lowest BCUT2D eigenvalue weighted by Gasteiger charge is -2.43. The molecule has 0 bridgehead atoms. The molecule has 0 aromatic heterocycles. The molecule has 4 nitrogen and oxygen atoms in total. The number of hydrogen-bond acceptors (Lipinski definition) is 4. The molecule has 1 aromatic rings. The maximum Gasteiger partial charge on any atom is 0.188 e. The fraction of sp³-hybridized carbons (Fsp3) is 0.684. The van der Waals surface area contributed by atoms with Crippen LogP contribution in [0.2, 0.25) is 0 Å². The van der Waals surface area contributed by atoms with Gasteiger partial charge in [0.2, 0.25) is 0 Å². The molecule has 0 saturated carbocycles. The van der Waals surface area contributed by atoms with Gasteiger partial charge in [0, 0.05) is 45.3 Å². The summed E-state index contributed by atoms with van der Waals surface area (Å²) in [6.45, 7) is 8.57. The molecule has 0 N–H and O–H groups in total. The number of piperazine rings is 1. The number of nitrogens with zero attached hydrogens (tertiary/aromatic N) is 3. The molecular formula is C19H30FN3O. The highest BCUT2D eigenvalue weighted by Gasteiger charge is 2.29. The molecule has 0 atom stereocenters. The second kappa shape index (κ2) is 7.70. The van der Waals surface area contributed by atoms with Gasteiger partial charge in [-0.15, -0.1) is 0 Å². The molecular weight excluding hydrogens is 305 g/mol. The predicted octanol–water partition coefficient (Wildman–Crippen LogP) is 2.61. The van der Waals surface area contributed by atoms with E-state index in [1.165, 1.54) is 7.11 Å². The Balaban J connectivity index is 1.68. The lowest BCUT2D eigenvalue weighted by Crippen LogP contribution is -2.52. The summed E-state index contributed by atoms with van der Waals surface area (Å²) in [5, 5.41) is 0. The largest absolute Gasteiger partial charge is 0.494 e. The van der Waals surface area contributed by atoms with Gasteiger partial charge in [-0.1, -0.05) is 13.0 Å². The molecule has 134 valence electrons. The maximum absolute atomic E-state index is 14.8. The Morgan fingerprint density at radius 3 is 2.33 bits per heavy atom. The van der Waals surface area contributed by atoms with Crippen molar-refractivity contribution in [2.75, 3.05) is 58.3 Å². The van der Waals surface area contributed by atoms with E-state index >= 15 is 0 Å². The number of halogens is 1. The van der Waals surface area contributed by atoms with E-state index in [-0.39, 0.29) is 5.82 Å². The molecule has 1 aromatic carbocycles. The molecule has 0 unspecified atom stereocenters. The smallest absolute Gasteiger partial charge is 0.188 e. The van der Waals surface area contributed by atoms with Crippen LogP contribution in [0, 0.1) is 5.82 Å². The summed E-state index contributed by atoms with van der Waals surface area (Å²) < 4.78 is 20.0. The number of aryl methyl sites for hydroxylation is 1. The second-order valence-electron chi connectivity index (χ2n) is 7.00. The van der Waals surface area contributed by atoms with Crippen molar-refractivity contribution in [3.63, 3.8) is 0 Å². The molecule has 24 heavy (non-hydrogen) atoms. The highest BCUT2D eigenvalue weighted by atomic mass is 19.1. The van der Waals surface area contributed by atoms with E-state index in [9.17, 15) is 4.39 Å². The fourth-order valence-electron chi connectivity index (χ4n) is 4.01. The minimum Gasteiger partial charge on any atom is -0.494 e. The second-order valence-corrected chi connectivity index (χ2v) is 7.00. The predicted molar refractivity (Wildman–Crippen MR) is 96.6 cm³/mol. The van der Waals surface area contributed by atoms with Gasteiger partial charge in [-0.25, -0.2) is 4.39 Å². The van der Waals surface area contributed by atoms with Crippen molar-refractivity contribution in [2.24, 2.45) is 0 Å². The van der Waals surface area contributed by atoms with Crippen molar-refractivity contribution in [3.05, 3.63) is 23.5 Å². The van der Waals surface area contributed by atoms with Crippen molar-refractivity contribution < 1.29 is 9.13 Å². The number of anilines is 1. The molecule has 3 rings (SSSR count). The van der Waals surface area contributed by atoms with Crippen LogP contribution in [0.25, 0.3) is 0 Å². The molecule has 5 heteroatoms. The Labute approximate surface area is 145 Å². The van der Waals surface area contributed by atoms with E-state index in [0.717, 1.165) is 69.8 Å². The zero-order chi connectivity index (χ0) is 17.1. The van der Waals surface area contributed by atoms with Crippen LogP contribution in [0.1, 0.15) is 25.3 Å². The standard InChI is InChI=1S/C19H30FN3O/c1-4-15-5-6-17(24-3)18(20)19(15)23-9-7-16(8-10-23)22-13-11-21(2)12-14-22/h5-6,16H,4,7-14H2,1-3H3. The SMILES string of the molecule is CCc1ccc(OC)c(F)c1N1CCC(N2CCN(C)CC2)CC1. The van der Waals surface area contributed by atoms with E-state index in [0.29, 0.717) is 11.8 Å². The van der Waals surface area contributed by atoms with Crippen molar-refractivity contribution in [1.82, 2.24) is 9.80 Å². The monoisotopic (exact) mass is 335 g/mol. The van der Waals surface area contributed by atoms with E-state index in [2.05, 4.69) is 28.7 Å². The molecule has 0 amide bonds. The Kier molecular flexibility index (Phi) is 5.61. The number of likely N-dealkylation sites (N-methyl/N-ethyl adjacent to an activating group) is 1. The van der Waals surface area contributed by atoms with Crippen molar-refractivity contribution in [3.8, 4) is 5.75 Å². The van der Waals surface area contributed by atoms with Crippen molar-refractivity contribution in [2.45, 2.75) is 32.2 Å². The van der Waals surface area contributed by atoms with Crippen LogP contribution in [0.4, 0.5) is 10.1 Å². The topological polar surface area (TPSA) is 19.0 Å². The summed E-state index contributed by atoms with van der Waals surface area (Å²) in [6.07, 6.45) is 3.07. The lowest BCUT2D eigenvalue weighted by atomic mass is 9.99. The van der Waals surface area contributed by atoms with Crippen LogP contribution in [0.5, 0.6) is 5.75 Å². The van der Waals surface area contributed by atoms with Crippen molar-refractivity contribution in [1.29, 1.82) is 0 Å². The van der Waals surface area contributed by atoms with E-state index < -0.39 is 0 Å². The Morgan fingerprint density at radius 2 is 1.75 bits per heavy atom. The average Bonchev–Trinajstić information content (AvgIpc) is 2.62. The summed E-state index contributed by atoms with van der Waals surface area (Å²) in [4.78, 5) is 7.24. The summed E-state index contributed by atoms with van der Waals surface area (Å²) in [5.74, 6) is 0.151. The first-order chi connectivity index (χ1) is 11.6. The number of ether oxygens (including phenoxy) is 1. The van der Waals surface area contributed by atoms with Gasteiger partial charge in [-0.05, 0) is 37.9 Å². The molecule has 2 fully saturated rings. The Bertz CT molecular complexity index is 550. The van der Waals surface area contributed by atoms with Gasteiger partial charge in [0.05, 0.1) is 12.8 Å². The number of methoxy groups -OCH3 is 1. The number of hydrogen-bond donors (Lipinski definition) is 0. The molecule has 0 radical (unpaired) electrons. The number of rotatable bonds is 4. The third kappa shape index (κ3) is 3.52. The maximum atomic E-state index is 14.8. The fourth-order valence-corrected chi connectivity index (χ4v) is 4.01. The molecule has 2 aliphatic rings. The van der Waals surface area contributed by atoms with Crippen LogP contribution in [0.15, 0.2) is 12.1 Å². The van der Waals surface area contributed by atoms with Crippen LogP contribution >= 0.6 is 0 Å². The van der Waals surface area contributed by atoms with Crippen LogP contribution < -0.4 is 9.64 Å². The minimum absolute atomic E-state index is 0.199. The third-order valence-corrected chi connectivity index (χ3v) is 5.60. The van der Waals surface area contributed by atoms with Gasteiger partial charge < -0.3 is 14.5 Å². The summed E-state index contributed by atoms with van der Waals surface area (Å²) in [5.41, 5.74) is 1.83. The van der Waals surface area contributed by atoms with E-state index in [4.69, 9.17) is 4.74 Å². The van der Waals surface area contributed by atoms with Gasteiger partial charge >= 0.3 is 0 Å². The zero-order valence-electron chi connectivity index (χ0n) is 15.2. The van der Waals surface area contributed by atoms with Gasteiger partial charge in [-0.2, -0.15) is 0 Å². The third-order valence-electron chi connectivity index (χ3n) is 5.60. The first kappa shape index (κ1) is 17.5. The van der Waals surface area contributed by atoms with Crippen molar-refractivity contribution >= 4 is 5.69 Å². The molecule has 2 aliphatic heterocycles. The van der Waals surface area contributed by atoms with Crippen LogP contribution in [0.3, 0.4) is 0 Å². The van der Waals surface area contributed by atoms with Crippen LogP contribution in [-0.4, -0.2) is 69.3 Å². The van der Waals surface area contributed by atoms with Gasteiger partial charge in [-0.3, -0.25) is 4.90 Å². The highest BCUT2D eigenvalue weighted by Crippen LogP contribution is 2.34. The quantitative estimate of drug-likeness (QED) is 0.842. The molecule has 0 aliphatic carbocycles. The highest BCUT2D eigenvalue weighted by molar-refractivity contribution is 5.59. The Hall–Kier alpha value is -1.33. The summed E-state index contributed by atoms with van der Waals surface area (Å²) >= 11 is 0. The first-order valence-corrected chi connectivity index (χ1v) is 9.17. The minimum atomic E-state index is -0.199. The summed E-state index contributed by atoms with van der Waals surface area (Å²) in [7, 11) is 3.73. The summed E-state index contributed by atoms with van der Waals surface area (Å²) in [6, 6.07) is 4.40. The van der Waals surface area contributed by atoms with Gasteiger partial charge in [0.1, 0.15) is 0 Å². The molecule has 2 saturated heterocycles. The van der Waals surface area contributed by atoms with Gasteiger partial charge in [0.25, 0.3) is 0 Å². The van der Waals surface area contributed by atoms with E-state index in [1.807, 2.05) is 6.07 Å². The lowest BCUT2D eigenvalue weighted by molar-refractivity contribution is 0.0981. The Morgan fingerprint density at radius 1 is 1.08 bits per heavy atom. The van der Waals surface area contributed by atoms with E-state index in [1.54, 1.807) is 6.07 Å². The molecule has 0 spiro atoms. The van der Waals surface area contributed by atoms with Gasteiger partial charge in [0.15, 0.2) is 11.6 Å². The number of benzene rings is 1. The normalized spacial score (nSPS) is 21.2. The zero-order valence-corrected chi connectivity index (χ0v) is 15.2. The van der Waals surface area contributed by atoms with Crippen LogP contribution in [-0.2, 0) is 6.42 Å². The molecule has 2 heterocycles. The number of piperidine rings is 1.